The van der Waals surface area contributed by atoms with Gasteiger partial charge in [-0.3, -0.25) is 9.59 Å². The van der Waals surface area contributed by atoms with Crippen LogP contribution in [0.2, 0.25) is 5.02 Å². The molecule has 6 heteroatoms. The number of nitrogens with zero attached hydrogens (tertiary/aromatic N) is 2. The Balaban J connectivity index is 2.10. The first-order valence-electron chi connectivity index (χ1n) is 8.97. The SMILES string of the molecule is CCCC(=O)N1CCCN(C(=O)c2cc(Cl)c(OCC)cc2C)CC1. The molecule has 0 aliphatic carbocycles. The lowest BCUT2D eigenvalue weighted by molar-refractivity contribution is -0.131. The molecule has 0 radical (unpaired) electrons. The van der Waals surface area contributed by atoms with Gasteiger partial charge < -0.3 is 14.5 Å². The first kappa shape index (κ1) is 19.6. The van der Waals surface area contributed by atoms with Gasteiger partial charge in [-0.1, -0.05) is 18.5 Å². The Morgan fingerprint density at radius 2 is 1.80 bits per heavy atom. The highest BCUT2D eigenvalue weighted by Crippen LogP contribution is 2.29. The van der Waals surface area contributed by atoms with Gasteiger partial charge in [-0.15, -0.1) is 0 Å². The van der Waals surface area contributed by atoms with E-state index in [9.17, 15) is 9.59 Å². The highest BCUT2D eigenvalue weighted by Gasteiger charge is 2.24. The van der Waals surface area contributed by atoms with Gasteiger partial charge in [0.25, 0.3) is 5.91 Å². The van der Waals surface area contributed by atoms with Crippen molar-refractivity contribution in [1.82, 2.24) is 9.80 Å². The molecular formula is C19H27ClN2O3. The van der Waals surface area contributed by atoms with Crippen molar-refractivity contribution < 1.29 is 14.3 Å². The summed E-state index contributed by atoms with van der Waals surface area (Å²) >= 11 is 6.25. The van der Waals surface area contributed by atoms with Gasteiger partial charge in [0, 0.05) is 38.2 Å². The normalized spacial score (nSPS) is 15.0. The highest BCUT2D eigenvalue weighted by molar-refractivity contribution is 6.32. The minimum Gasteiger partial charge on any atom is -0.492 e. The number of ether oxygens (including phenoxy) is 1. The van der Waals surface area contributed by atoms with Crippen molar-refractivity contribution in [3.05, 3.63) is 28.3 Å². The molecule has 1 aliphatic rings. The lowest BCUT2D eigenvalue weighted by Crippen LogP contribution is -2.37. The molecule has 0 atom stereocenters. The lowest BCUT2D eigenvalue weighted by Gasteiger charge is -2.23. The number of rotatable bonds is 5. The minimum atomic E-state index is -0.0350. The zero-order valence-corrected chi connectivity index (χ0v) is 16.1. The Kier molecular flexibility index (Phi) is 7.12. The van der Waals surface area contributed by atoms with Crippen LogP contribution in [-0.2, 0) is 4.79 Å². The quantitative estimate of drug-likeness (QED) is 0.801. The number of aryl methyl sites for hydroxylation is 1. The molecular weight excluding hydrogens is 340 g/mol. The first-order valence-corrected chi connectivity index (χ1v) is 9.35. The molecule has 2 amide bonds. The van der Waals surface area contributed by atoms with Gasteiger partial charge in [0.15, 0.2) is 0 Å². The third-order valence-electron chi connectivity index (χ3n) is 4.41. The lowest BCUT2D eigenvalue weighted by atomic mass is 10.1. The van der Waals surface area contributed by atoms with Crippen molar-refractivity contribution in [3.8, 4) is 5.75 Å². The first-order chi connectivity index (χ1) is 12.0. The minimum absolute atomic E-state index is 0.0350. The Labute approximate surface area is 154 Å². The molecule has 0 saturated carbocycles. The summed E-state index contributed by atoms with van der Waals surface area (Å²) in [5.41, 5.74) is 1.45. The van der Waals surface area contributed by atoms with Gasteiger partial charge in [-0.25, -0.2) is 0 Å². The molecule has 1 aromatic rings. The molecule has 138 valence electrons. The van der Waals surface area contributed by atoms with Gasteiger partial charge in [0.2, 0.25) is 5.91 Å². The van der Waals surface area contributed by atoms with Crippen LogP contribution < -0.4 is 4.74 Å². The van der Waals surface area contributed by atoms with Crippen LogP contribution in [0.3, 0.4) is 0 Å². The van der Waals surface area contributed by atoms with Crippen LogP contribution in [0.1, 0.15) is 49.0 Å². The monoisotopic (exact) mass is 366 g/mol. The van der Waals surface area contributed by atoms with Crippen LogP contribution in [0.5, 0.6) is 5.75 Å². The fraction of sp³-hybridized carbons (Fsp3) is 0.579. The molecule has 1 aromatic carbocycles. The molecule has 0 aromatic heterocycles. The third-order valence-corrected chi connectivity index (χ3v) is 4.70. The number of amides is 2. The zero-order valence-electron chi connectivity index (χ0n) is 15.3. The molecule has 1 aliphatic heterocycles. The van der Waals surface area contributed by atoms with Crippen molar-refractivity contribution in [2.24, 2.45) is 0 Å². The van der Waals surface area contributed by atoms with Gasteiger partial charge in [0.1, 0.15) is 5.75 Å². The summed E-state index contributed by atoms with van der Waals surface area (Å²) in [6.45, 7) is 8.83. The van der Waals surface area contributed by atoms with E-state index in [1.165, 1.54) is 0 Å². The summed E-state index contributed by atoms with van der Waals surface area (Å²) < 4.78 is 5.48. The largest absolute Gasteiger partial charge is 0.492 e. The van der Waals surface area contributed by atoms with Crippen molar-refractivity contribution in [3.63, 3.8) is 0 Å². The van der Waals surface area contributed by atoms with Crippen LogP contribution in [0, 0.1) is 6.92 Å². The van der Waals surface area contributed by atoms with E-state index in [2.05, 4.69) is 0 Å². The van der Waals surface area contributed by atoms with E-state index in [1.54, 1.807) is 6.07 Å². The summed E-state index contributed by atoms with van der Waals surface area (Å²) in [7, 11) is 0. The summed E-state index contributed by atoms with van der Waals surface area (Å²) in [4.78, 5) is 28.7. The predicted octanol–water partition coefficient (Wildman–Crippen LogP) is 3.52. The molecule has 1 heterocycles. The van der Waals surface area contributed by atoms with Crippen LogP contribution >= 0.6 is 11.6 Å². The van der Waals surface area contributed by atoms with Gasteiger partial charge in [0.05, 0.1) is 11.6 Å². The average molecular weight is 367 g/mol. The fourth-order valence-corrected chi connectivity index (χ4v) is 3.28. The Bertz CT molecular complexity index is 633. The summed E-state index contributed by atoms with van der Waals surface area (Å²) in [6, 6.07) is 3.50. The molecule has 2 rings (SSSR count). The number of hydrogen-bond acceptors (Lipinski definition) is 3. The number of benzene rings is 1. The van der Waals surface area contributed by atoms with E-state index in [0.29, 0.717) is 55.5 Å². The van der Waals surface area contributed by atoms with Crippen LogP contribution in [0.25, 0.3) is 0 Å². The van der Waals surface area contributed by atoms with Crippen LogP contribution in [0.15, 0.2) is 12.1 Å². The fourth-order valence-electron chi connectivity index (χ4n) is 3.06. The maximum absolute atomic E-state index is 12.9. The van der Waals surface area contributed by atoms with Crippen molar-refractivity contribution >= 4 is 23.4 Å². The summed E-state index contributed by atoms with van der Waals surface area (Å²) in [6.07, 6.45) is 2.22. The van der Waals surface area contributed by atoms with E-state index in [1.807, 2.05) is 36.6 Å². The number of carbonyl (C=O) groups excluding carboxylic acids is 2. The van der Waals surface area contributed by atoms with Crippen molar-refractivity contribution in [2.75, 3.05) is 32.8 Å². The molecule has 0 N–H and O–H groups in total. The van der Waals surface area contributed by atoms with Gasteiger partial charge in [-0.05, 0) is 44.4 Å². The maximum Gasteiger partial charge on any atom is 0.254 e. The van der Waals surface area contributed by atoms with Crippen molar-refractivity contribution in [1.29, 1.82) is 0 Å². The number of halogens is 1. The standard InChI is InChI=1S/C19H27ClN2O3/c1-4-7-18(23)21-8-6-9-22(11-10-21)19(24)15-13-16(20)17(25-5-2)12-14(15)3/h12-13H,4-11H2,1-3H3. The van der Waals surface area contributed by atoms with E-state index < -0.39 is 0 Å². The second kappa shape index (κ2) is 9.09. The van der Waals surface area contributed by atoms with Crippen LogP contribution in [-0.4, -0.2) is 54.4 Å². The van der Waals surface area contributed by atoms with Crippen LogP contribution in [0.4, 0.5) is 0 Å². The molecule has 1 fully saturated rings. The second-order valence-electron chi connectivity index (χ2n) is 6.31. The van der Waals surface area contributed by atoms with E-state index in [4.69, 9.17) is 16.3 Å². The molecule has 5 nitrogen and oxygen atoms in total. The third kappa shape index (κ3) is 4.88. The van der Waals surface area contributed by atoms with Gasteiger partial charge >= 0.3 is 0 Å². The Morgan fingerprint density at radius 1 is 1.12 bits per heavy atom. The topological polar surface area (TPSA) is 49.9 Å². The molecule has 1 saturated heterocycles. The molecule has 0 bridgehead atoms. The van der Waals surface area contributed by atoms with E-state index in [0.717, 1.165) is 18.4 Å². The molecule has 25 heavy (non-hydrogen) atoms. The molecule has 0 spiro atoms. The summed E-state index contributed by atoms with van der Waals surface area (Å²) in [5, 5.41) is 0.449. The smallest absolute Gasteiger partial charge is 0.254 e. The summed E-state index contributed by atoms with van der Waals surface area (Å²) in [5.74, 6) is 0.745. The second-order valence-corrected chi connectivity index (χ2v) is 6.71. The van der Waals surface area contributed by atoms with E-state index in [-0.39, 0.29) is 11.8 Å². The average Bonchev–Trinajstić information content (AvgIpc) is 2.84. The Morgan fingerprint density at radius 3 is 2.48 bits per heavy atom. The van der Waals surface area contributed by atoms with Gasteiger partial charge in [-0.2, -0.15) is 0 Å². The predicted molar refractivity (Wildman–Crippen MR) is 99.4 cm³/mol. The molecule has 0 unspecified atom stereocenters. The van der Waals surface area contributed by atoms with Crippen molar-refractivity contribution in [2.45, 2.75) is 40.0 Å². The number of hydrogen-bond donors (Lipinski definition) is 0. The Hall–Kier alpha value is -1.75. The zero-order chi connectivity index (χ0) is 18.4. The van der Waals surface area contributed by atoms with E-state index >= 15 is 0 Å². The number of carbonyl (C=O) groups is 2. The highest BCUT2D eigenvalue weighted by atomic mass is 35.5. The maximum atomic E-state index is 12.9.